The van der Waals surface area contributed by atoms with Gasteiger partial charge in [0.25, 0.3) is 0 Å². The Hall–Kier alpha value is -0.0400. The predicted molar refractivity (Wildman–Crippen MR) is 65.6 cm³/mol. The maximum absolute atomic E-state index is 2.47. The summed E-state index contributed by atoms with van der Waals surface area (Å²) >= 11 is 0. The van der Waals surface area contributed by atoms with Crippen molar-refractivity contribution in [1.82, 2.24) is 4.90 Å². The fourth-order valence-electron chi connectivity index (χ4n) is 1.52. The van der Waals surface area contributed by atoms with Crippen molar-refractivity contribution in [1.29, 1.82) is 0 Å². The summed E-state index contributed by atoms with van der Waals surface area (Å²) in [6.07, 6.45) is 5.48. The topological polar surface area (TPSA) is 3.24 Å². The van der Waals surface area contributed by atoms with E-state index < -0.39 is 0 Å². The molecule has 14 heavy (non-hydrogen) atoms. The summed E-state index contributed by atoms with van der Waals surface area (Å²) in [5, 5.41) is 0. The Morgan fingerprint density at radius 1 is 0.786 bits per heavy atom. The van der Waals surface area contributed by atoms with Gasteiger partial charge in [0.1, 0.15) is 0 Å². The van der Waals surface area contributed by atoms with Crippen molar-refractivity contribution < 1.29 is 0 Å². The lowest BCUT2D eigenvalue weighted by molar-refractivity contribution is 0.300. The second-order valence-electron chi connectivity index (χ2n) is 5.38. The van der Waals surface area contributed by atoms with Gasteiger partial charge in [-0.2, -0.15) is 0 Å². The van der Waals surface area contributed by atoms with Crippen LogP contribution >= 0.6 is 0 Å². The number of nitrogens with zero attached hydrogens (tertiary/aromatic N) is 1. The molecule has 0 spiro atoms. The van der Waals surface area contributed by atoms with Crippen molar-refractivity contribution in [2.45, 2.75) is 53.4 Å². The highest BCUT2D eigenvalue weighted by molar-refractivity contribution is 4.55. The Labute approximate surface area is 90.9 Å². The van der Waals surface area contributed by atoms with E-state index in [2.05, 4.69) is 39.6 Å². The van der Waals surface area contributed by atoms with Crippen LogP contribution in [0, 0.1) is 11.8 Å². The van der Waals surface area contributed by atoms with E-state index in [1.54, 1.807) is 0 Å². The third kappa shape index (κ3) is 10.0. The molecular formula is C13H29N. The second-order valence-corrected chi connectivity index (χ2v) is 5.38. The lowest BCUT2D eigenvalue weighted by Crippen LogP contribution is -2.22. The number of hydrogen-bond acceptors (Lipinski definition) is 1. The minimum Gasteiger partial charge on any atom is -0.306 e. The molecule has 0 N–H and O–H groups in total. The van der Waals surface area contributed by atoms with Gasteiger partial charge in [-0.3, -0.25) is 0 Å². The predicted octanol–water partition coefficient (Wildman–Crippen LogP) is 3.79. The van der Waals surface area contributed by atoms with Gasteiger partial charge in [-0.1, -0.05) is 40.5 Å². The highest BCUT2D eigenvalue weighted by Gasteiger charge is 2.00. The lowest BCUT2D eigenvalue weighted by atomic mass is 10.1. The Kier molecular flexibility index (Phi) is 8.26. The second kappa shape index (κ2) is 8.28. The van der Waals surface area contributed by atoms with Crippen LogP contribution < -0.4 is 0 Å². The quantitative estimate of drug-likeness (QED) is 0.538. The molecule has 86 valence electrons. The fourth-order valence-corrected chi connectivity index (χ4v) is 1.52. The Balaban J connectivity index is 3.22. The van der Waals surface area contributed by atoms with Gasteiger partial charge in [0.2, 0.25) is 0 Å². The lowest BCUT2D eigenvalue weighted by Gasteiger charge is -2.17. The first kappa shape index (κ1) is 14.0. The monoisotopic (exact) mass is 199 g/mol. The molecule has 0 aliphatic rings. The number of rotatable bonds is 8. The largest absolute Gasteiger partial charge is 0.306 e. The molecule has 0 aromatic rings. The van der Waals surface area contributed by atoms with Crippen LogP contribution in [-0.2, 0) is 0 Å². The van der Waals surface area contributed by atoms with E-state index >= 15 is 0 Å². The van der Waals surface area contributed by atoms with Gasteiger partial charge < -0.3 is 4.90 Å². The molecule has 0 amide bonds. The van der Waals surface area contributed by atoms with Crippen LogP contribution in [0.15, 0.2) is 0 Å². The molecule has 1 heteroatoms. The van der Waals surface area contributed by atoms with Gasteiger partial charge in [0.05, 0.1) is 0 Å². The number of unbranched alkanes of at least 4 members (excludes halogenated alkanes) is 1. The highest BCUT2D eigenvalue weighted by Crippen LogP contribution is 2.07. The van der Waals surface area contributed by atoms with E-state index in [-0.39, 0.29) is 0 Å². The van der Waals surface area contributed by atoms with Crippen LogP contribution in [0.3, 0.4) is 0 Å². The van der Waals surface area contributed by atoms with E-state index in [9.17, 15) is 0 Å². The third-order valence-corrected chi connectivity index (χ3v) is 2.66. The van der Waals surface area contributed by atoms with Crippen molar-refractivity contribution in [2.75, 3.05) is 20.1 Å². The molecule has 0 radical (unpaired) electrons. The van der Waals surface area contributed by atoms with E-state index in [1.807, 2.05) is 0 Å². The van der Waals surface area contributed by atoms with Gasteiger partial charge in [0.15, 0.2) is 0 Å². The summed E-state index contributed by atoms with van der Waals surface area (Å²) in [5.41, 5.74) is 0. The van der Waals surface area contributed by atoms with Gasteiger partial charge in [-0.05, 0) is 44.8 Å². The van der Waals surface area contributed by atoms with Crippen molar-refractivity contribution >= 4 is 0 Å². The van der Waals surface area contributed by atoms with Crippen LogP contribution in [0.4, 0.5) is 0 Å². The van der Waals surface area contributed by atoms with E-state index in [0.717, 1.165) is 11.8 Å². The van der Waals surface area contributed by atoms with Crippen molar-refractivity contribution in [2.24, 2.45) is 11.8 Å². The zero-order chi connectivity index (χ0) is 11.0. The van der Waals surface area contributed by atoms with Crippen LogP contribution in [-0.4, -0.2) is 25.0 Å². The first-order chi connectivity index (χ1) is 6.52. The molecule has 0 saturated heterocycles. The van der Waals surface area contributed by atoms with Crippen molar-refractivity contribution in [3.8, 4) is 0 Å². The maximum Gasteiger partial charge on any atom is -0.00194 e. The van der Waals surface area contributed by atoms with E-state index in [0.29, 0.717) is 0 Å². The summed E-state index contributed by atoms with van der Waals surface area (Å²) in [7, 11) is 2.25. The summed E-state index contributed by atoms with van der Waals surface area (Å²) < 4.78 is 0. The molecule has 0 aromatic heterocycles. The molecule has 0 bridgehead atoms. The Morgan fingerprint density at radius 2 is 1.36 bits per heavy atom. The Morgan fingerprint density at radius 3 is 1.86 bits per heavy atom. The van der Waals surface area contributed by atoms with Crippen LogP contribution in [0.25, 0.3) is 0 Å². The SMILES string of the molecule is CC(C)CCCCN(C)CCC(C)C. The fraction of sp³-hybridized carbons (Fsp3) is 1.00. The summed E-state index contributed by atoms with van der Waals surface area (Å²) in [5.74, 6) is 1.71. The van der Waals surface area contributed by atoms with Gasteiger partial charge >= 0.3 is 0 Å². The van der Waals surface area contributed by atoms with Gasteiger partial charge in [0, 0.05) is 0 Å². The van der Waals surface area contributed by atoms with E-state index in [1.165, 1.54) is 38.8 Å². The molecule has 0 aliphatic carbocycles. The summed E-state index contributed by atoms with van der Waals surface area (Å²) in [4.78, 5) is 2.47. The first-order valence-corrected chi connectivity index (χ1v) is 6.21. The Bertz CT molecular complexity index is 118. The molecular weight excluding hydrogens is 170 g/mol. The van der Waals surface area contributed by atoms with E-state index in [4.69, 9.17) is 0 Å². The average molecular weight is 199 g/mol. The third-order valence-electron chi connectivity index (χ3n) is 2.66. The molecule has 0 unspecified atom stereocenters. The minimum atomic E-state index is 0.841. The number of hydrogen-bond donors (Lipinski definition) is 0. The maximum atomic E-state index is 2.47. The van der Waals surface area contributed by atoms with Crippen molar-refractivity contribution in [3.05, 3.63) is 0 Å². The highest BCUT2D eigenvalue weighted by atomic mass is 15.1. The van der Waals surface area contributed by atoms with Crippen LogP contribution in [0.1, 0.15) is 53.4 Å². The molecule has 1 nitrogen and oxygen atoms in total. The van der Waals surface area contributed by atoms with Crippen molar-refractivity contribution in [3.63, 3.8) is 0 Å². The standard InChI is InChI=1S/C13H29N/c1-12(2)8-6-7-10-14(5)11-9-13(3)4/h12-13H,6-11H2,1-5H3. The molecule has 0 atom stereocenters. The molecule has 0 heterocycles. The molecule has 0 fully saturated rings. The molecule has 0 saturated carbocycles. The zero-order valence-electron chi connectivity index (χ0n) is 10.8. The minimum absolute atomic E-state index is 0.841. The molecule has 0 rings (SSSR count). The average Bonchev–Trinajstić information content (AvgIpc) is 2.08. The molecule has 0 aliphatic heterocycles. The zero-order valence-corrected chi connectivity index (χ0v) is 10.8. The summed E-state index contributed by atoms with van der Waals surface area (Å²) in [6, 6.07) is 0. The normalized spacial score (nSPS) is 12.0. The first-order valence-electron chi connectivity index (χ1n) is 6.21. The summed E-state index contributed by atoms with van der Waals surface area (Å²) in [6.45, 7) is 11.8. The van der Waals surface area contributed by atoms with Gasteiger partial charge in [-0.15, -0.1) is 0 Å². The molecule has 0 aromatic carbocycles. The smallest absolute Gasteiger partial charge is 0.00194 e. The van der Waals surface area contributed by atoms with Gasteiger partial charge in [-0.25, -0.2) is 0 Å². The van der Waals surface area contributed by atoms with Crippen LogP contribution in [0.5, 0.6) is 0 Å². The van der Waals surface area contributed by atoms with Crippen LogP contribution in [0.2, 0.25) is 0 Å².